The molecule has 2 saturated heterocycles. The lowest BCUT2D eigenvalue weighted by Gasteiger charge is -2.41. The zero-order valence-corrected chi connectivity index (χ0v) is 27.0. The first-order chi connectivity index (χ1) is 22.0. The van der Waals surface area contributed by atoms with Crippen LogP contribution in [0.4, 0.5) is 22.0 Å². The largest absolute Gasteiger partial charge is 0.491 e. The molecule has 2 bridgehead atoms. The molecule has 0 aromatic heterocycles. The van der Waals surface area contributed by atoms with Crippen LogP contribution in [-0.2, 0) is 25.0 Å². The van der Waals surface area contributed by atoms with Gasteiger partial charge >= 0.3 is 18.1 Å². The van der Waals surface area contributed by atoms with E-state index in [9.17, 15) is 27.6 Å². The zero-order valence-electron chi connectivity index (χ0n) is 25.4. The second-order valence-electron chi connectivity index (χ2n) is 12.2. The summed E-state index contributed by atoms with van der Waals surface area (Å²) in [5, 5.41) is 3.02. The number of benzene rings is 3. The van der Waals surface area contributed by atoms with E-state index in [1.54, 1.807) is 18.2 Å². The van der Waals surface area contributed by atoms with Gasteiger partial charge in [0.15, 0.2) is 6.04 Å². The smallest absolute Gasteiger partial charge is 0.490 e. The molecule has 0 aliphatic carbocycles. The highest BCUT2D eigenvalue weighted by Crippen LogP contribution is 2.40. The lowest BCUT2D eigenvalue weighted by Crippen LogP contribution is -2.61. The predicted molar refractivity (Wildman–Crippen MR) is 165 cm³/mol. The molecule has 2 heterocycles. The monoisotopic (exact) mass is 725 g/mol. The van der Waals surface area contributed by atoms with E-state index in [2.05, 4.69) is 20.7 Å². The van der Waals surface area contributed by atoms with Crippen LogP contribution in [0.15, 0.2) is 65.1 Å². The van der Waals surface area contributed by atoms with Gasteiger partial charge in [-0.3, -0.25) is 9.59 Å². The molecule has 2 amide bonds. The Labute approximate surface area is 275 Å². The highest BCUT2D eigenvalue weighted by molar-refractivity contribution is 9.10. The predicted octanol–water partition coefficient (Wildman–Crippen LogP) is 6.29. The van der Waals surface area contributed by atoms with Crippen molar-refractivity contribution in [2.24, 2.45) is 5.73 Å². The highest BCUT2D eigenvalue weighted by atomic mass is 79.9. The summed E-state index contributed by atoms with van der Waals surface area (Å²) in [7, 11) is 0. The third-order valence-electron chi connectivity index (χ3n) is 8.35. The molecule has 2 aliphatic rings. The molecule has 252 valence electrons. The molecule has 0 radical (unpaired) electrons. The summed E-state index contributed by atoms with van der Waals surface area (Å²) >= 11 is 3.18. The number of esters is 1. The van der Waals surface area contributed by atoms with Crippen molar-refractivity contribution in [3.05, 3.63) is 76.3 Å². The Hall–Kier alpha value is -3.78. The third-order valence-corrected chi connectivity index (χ3v) is 8.88. The van der Waals surface area contributed by atoms with E-state index >= 15 is 8.78 Å². The van der Waals surface area contributed by atoms with Crippen LogP contribution in [0.1, 0.15) is 56.8 Å². The Bertz CT molecular complexity index is 1640. The van der Waals surface area contributed by atoms with Gasteiger partial charge < -0.3 is 25.4 Å². The molecular formula is C33H33BrF5N3O5. The van der Waals surface area contributed by atoms with Gasteiger partial charge in [-0.1, -0.05) is 46.3 Å². The minimum absolute atomic E-state index is 0.135. The Morgan fingerprint density at radius 3 is 2.11 bits per heavy atom. The molecule has 0 spiro atoms. The number of fused-ring (bicyclic) bond motifs is 3. The van der Waals surface area contributed by atoms with Gasteiger partial charge in [0.2, 0.25) is 6.10 Å². The fourth-order valence-corrected chi connectivity index (χ4v) is 6.55. The fraction of sp³-hybridized carbons (Fsp3) is 0.424. The van der Waals surface area contributed by atoms with Gasteiger partial charge in [-0.15, -0.1) is 0 Å². The van der Waals surface area contributed by atoms with Crippen molar-refractivity contribution in [3.8, 4) is 5.75 Å². The Balaban J connectivity index is 1.53. The fourth-order valence-electron chi connectivity index (χ4n) is 6.29. The number of hydrogen-bond donors (Lipinski definition) is 2. The van der Waals surface area contributed by atoms with Gasteiger partial charge in [-0.05, 0) is 80.6 Å². The van der Waals surface area contributed by atoms with E-state index in [1.807, 2.05) is 19.2 Å². The number of nitrogens with one attached hydrogen (secondary N) is 1. The van der Waals surface area contributed by atoms with Crippen molar-refractivity contribution >= 4 is 44.5 Å². The lowest BCUT2D eigenvalue weighted by atomic mass is 9.94. The third kappa shape index (κ3) is 7.53. The summed E-state index contributed by atoms with van der Waals surface area (Å²) in [6.07, 6.45) is -6.16. The molecule has 3 aromatic rings. The molecule has 0 saturated carbocycles. The first-order valence-electron chi connectivity index (χ1n) is 15.0. The van der Waals surface area contributed by atoms with Crippen LogP contribution >= 0.6 is 15.9 Å². The van der Waals surface area contributed by atoms with Crippen molar-refractivity contribution in [3.63, 3.8) is 0 Å². The van der Waals surface area contributed by atoms with Gasteiger partial charge in [0.1, 0.15) is 5.75 Å². The number of carbonyl (C=O) groups excluding carboxylic acids is 3. The number of ether oxygens (including phenoxy) is 2. The Morgan fingerprint density at radius 2 is 1.51 bits per heavy atom. The molecule has 2 fully saturated rings. The van der Waals surface area contributed by atoms with Crippen LogP contribution in [-0.4, -0.2) is 59.1 Å². The van der Waals surface area contributed by atoms with Gasteiger partial charge in [-0.2, -0.15) is 22.0 Å². The maximum Gasteiger partial charge on any atom is 0.490 e. The van der Waals surface area contributed by atoms with E-state index in [0.717, 1.165) is 12.1 Å². The number of halogens is 6. The maximum atomic E-state index is 16.3. The van der Waals surface area contributed by atoms with Crippen LogP contribution in [0.5, 0.6) is 5.75 Å². The lowest BCUT2D eigenvalue weighted by molar-refractivity contribution is -0.206. The first-order valence-corrected chi connectivity index (χ1v) is 15.8. The molecule has 2 aliphatic heterocycles. The van der Waals surface area contributed by atoms with Crippen molar-refractivity contribution in [2.45, 2.75) is 88.0 Å². The second-order valence-corrected chi connectivity index (χ2v) is 13.1. The van der Waals surface area contributed by atoms with Gasteiger partial charge in [-0.25, -0.2) is 4.79 Å². The summed E-state index contributed by atoms with van der Waals surface area (Å²) in [6.45, 7) is 3.66. The maximum absolute atomic E-state index is 16.3. The number of hydrogen-bond acceptors (Lipinski definition) is 6. The Kier molecular flexibility index (Phi) is 9.84. The quantitative estimate of drug-likeness (QED) is 0.198. The van der Waals surface area contributed by atoms with E-state index < -0.39 is 59.7 Å². The normalized spacial score (nSPS) is 21.0. The number of nitrogens with two attached hydrogens (primary N) is 1. The molecule has 8 nitrogen and oxygen atoms in total. The Morgan fingerprint density at radius 1 is 0.915 bits per heavy atom. The number of piperidine rings is 1. The number of amides is 2. The van der Waals surface area contributed by atoms with Gasteiger partial charge in [0, 0.05) is 33.7 Å². The topological polar surface area (TPSA) is 111 Å². The van der Waals surface area contributed by atoms with E-state index in [4.69, 9.17) is 10.5 Å². The number of nitrogens with zero attached hydrogens (tertiary/aromatic N) is 1. The standard InChI is InChI=1S/C33H33BrF5N3O5/c1-17(2)46-26-12-5-18-13-20(4-3-19(18)14-26)27(47-31(45)33(37,38)39)29(43)41-28(32(35,36)21-6-8-22(34)9-7-21)30(44)42-24-10-11-25(42)16-23(40)15-24/h3-9,12-14,17,23-25,27-28H,10-11,15-16,40H2,1-2H3,(H,41,43)/t23?,24?,25?,27-,28-/m0/s1. The van der Waals surface area contributed by atoms with Crippen LogP contribution < -0.4 is 15.8 Å². The van der Waals surface area contributed by atoms with Crippen molar-refractivity contribution in [1.82, 2.24) is 10.2 Å². The van der Waals surface area contributed by atoms with Crippen LogP contribution in [0, 0.1) is 0 Å². The van der Waals surface area contributed by atoms with Crippen molar-refractivity contribution in [2.75, 3.05) is 0 Å². The van der Waals surface area contributed by atoms with Crippen molar-refractivity contribution < 1.29 is 45.8 Å². The molecule has 4 atom stereocenters. The van der Waals surface area contributed by atoms with Crippen LogP contribution in [0.25, 0.3) is 10.8 Å². The minimum atomic E-state index is -5.50. The number of alkyl halides is 5. The highest BCUT2D eigenvalue weighted by Gasteiger charge is 2.54. The molecule has 47 heavy (non-hydrogen) atoms. The SMILES string of the molecule is CC(C)Oc1ccc2cc([C@H](OC(=O)C(F)(F)F)C(=O)N[C@@H](C(=O)N3C4CCC3CC(N)C4)C(F)(F)c3ccc(Br)cc3)ccc2c1. The van der Waals surface area contributed by atoms with Crippen LogP contribution in [0.2, 0.25) is 0 Å². The molecule has 3 aromatic carbocycles. The number of carbonyl (C=O) groups is 3. The van der Waals surface area contributed by atoms with Crippen molar-refractivity contribution in [1.29, 1.82) is 0 Å². The summed E-state index contributed by atoms with van der Waals surface area (Å²) in [5.74, 6) is -8.85. The first kappa shape index (κ1) is 34.6. The molecule has 14 heteroatoms. The minimum Gasteiger partial charge on any atom is -0.491 e. The average molecular weight is 727 g/mol. The summed E-state index contributed by atoms with van der Waals surface area (Å²) in [5.41, 5.74) is 5.27. The summed E-state index contributed by atoms with van der Waals surface area (Å²) < 4.78 is 83.5. The molecule has 2 unspecified atom stereocenters. The van der Waals surface area contributed by atoms with Crippen LogP contribution in [0.3, 0.4) is 0 Å². The summed E-state index contributed by atoms with van der Waals surface area (Å²) in [4.78, 5) is 41.1. The van der Waals surface area contributed by atoms with Gasteiger partial charge in [0.05, 0.1) is 6.10 Å². The molecular weight excluding hydrogens is 693 g/mol. The van der Waals surface area contributed by atoms with Gasteiger partial charge in [0.25, 0.3) is 11.8 Å². The van der Waals surface area contributed by atoms with E-state index in [1.165, 1.54) is 35.2 Å². The molecule has 3 N–H and O–H groups in total. The molecule has 5 rings (SSSR count). The second kappa shape index (κ2) is 13.4. The number of rotatable bonds is 9. The van der Waals surface area contributed by atoms with E-state index in [0.29, 0.717) is 46.7 Å². The average Bonchev–Trinajstić information content (AvgIpc) is 3.27. The zero-order chi connectivity index (χ0) is 34.3. The van der Waals surface area contributed by atoms with E-state index in [-0.39, 0.29) is 17.7 Å². The summed E-state index contributed by atoms with van der Waals surface area (Å²) in [6, 6.07) is 10.0.